The number of nitriles is 1. The third kappa shape index (κ3) is 3.95. The Kier molecular flexibility index (Phi) is 5.58. The first kappa shape index (κ1) is 20.1. The fourth-order valence-corrected chi connectivity index (χ4v) is 3.89. The molecule has 3 aromatic carbocycles. The fraction of sp³-hybridized carbons (Fsp3) is 0.0870. The van der Waals surface area contributed by atoms with Gasteiger partial charge in [0, 0.05) is 26.7 Å². The largest absolute Gasteiger partial charge is 0.508 e. The summed E-state index contributed by atoms with van der Waals surface area (Å²) in [5, 5.41) is 20.3. The van der Waals surface area contributed by atoms with E-state index in [1.807, 2.05) is 30.3 Å². The van der Waals surface area contributed by atoms with Gasteiger partial charge in [-0.3, -0.25) is 0 Å². The number of benzene rings is 3. The summed E-state index contributed by atoms with van der Waals surface area (Å²) in [6.45, 7) is 0.332. The van der Waals surface area contributed by atoms with Gasteiger partial charge in [0.05, 0.1) is 5.92 Å². The van der Waals surface area contributed by atoms with Crippen LogP contribution in [0.25, 0.3) is 0 Å². The van der Waals surface area contributed by atoms with E-state index in [0.29, 0.717) is 28.7 Å². The first-order valence-corrected chi connectivity index (χ1v) is 10.2. The van der Waals surface area contributed by atoms with Crippen LogP contribution < -0.4 is 15.2 Å². The molecule has 4 rings (SSSR count). The average Bonchev–Trinajstić information content (AvgIpc) is 2.73. The smallest absolute Gasteiger partial charge is 0.205 e. The van der Waals surface area contributed by atoms with Crippen molar-refractivity contribution >= 4 is 27.5 Å². The number of phenolic OH excluding ortho intramolecular Hbond substituents is 1. The van der Waals surface area contributed by atoms with Crippen LogP contribution in [0.15, 0.2) is 76.6 Å². The molecule has 0 amide bonds. The Labute approximate surface area is 187 Å². The Morgan fingerprint density at radius 2 is 1.87 bits per heavy atom. The molecule has 0 aromatic heterocycles. The molecule has 0 bridgehead atoms. The lowest BCUT2D eigenvalue weighted by molar-refractivity contribution is 0.301. The van der Waals surface area contributed by atoms with Crippen LogP contribution in [0.3, 0.4) is 0 Å². The standard InChI is InChI=1S/C23H16BrClN2O3/c24-14-3-8-20(29-12-13-1-4-15(25)5-2-13)18(9-14)22-17-7-6-16(28)10-21(17)30-23(27)19(22)11-26/h1-10,22,28H,12,27H2/t22-/m1/s1. The van der Waals surface area contributed by atoms with Gasteiger partial charge >= 0.3 is 0 Å². The van der Waals surface area contributed by atoms with Crippen LogP contribution in [0.5, 0.6) is 17.2 Å². The second-order valence-electron chi connectivity index (χ2n) is 6.74. The molecule has 0 saturated carbocycles. The highest BCUT2D eigenvalue weighted by molar-refractivity contribution is 9.10. The third-order valence-corrected chi connectivity index (χ3v) is 5.54. The van der Waals surface area contributed by atoms with Gasteiger partial charge in [-0.15, -0.1) is 0 Å². The van der Waals surface area contributed by atoms with Crippen molar-refractivity contribution in [3.8, 4) is 23.3 Å². The number of hydrogen-bond acceptors (Lipinski definition) is 5. The highest BCUT2D eigenvalue weighted by atomic mass is 79.9. The Hall–Kier alpha value is -3.14. The zero-order valence-corrected chi connectivity index (χ0v) is 17.9. The minimum Gasteiger partial charge on any atom is -0.508 e. The number of nitrogens with two attached hydrogens (primary N) is 1. The molecule has 1 aliphatic heterocycles. The van der Waals surface area contributed by atoms with Gasteiger partial charge in [-0.2, -0.15) is 5.26 Å². The highest BCUT2D eigenvalue weighted by Crippen LogP contribution is 2.46. The van der Waals surface area contributed by atoms with Crippen LogP contribution >= 0.6 is 27.5 Å². The summed E-state index contributed by atoms with van der Waals surface area (Å²) in [6, 6.07) is 19.9. The maximum absolute atomic E-state index is 9.84. The molecular weight excluding hydrogens is 468 g/mol. The van der Waals surface area contributed by atoms with Gasteiger partial charge in [0.15, 0.2) is 0 Å². The molecule has 0 unspecified atom stereocenters. The van der Waals surface area contributed by atoms with Crippen molar-refractivity contribution in [2.75, 3.05) is 0 Å². The van der Waals surface area contributed by atoms with Crippen molar-refractivity contribution in [2.24, 2.45) is 5.73 Å². The normalized spacial score (nSPS) is 15.2. The Morgan fingerprint density at radius 3 is 2.60 bits per heavy atom. The van der Waals surface area contributed by atoms with E-state index in [2.05, 4.69) is 22.0 Å². The molecule has 1 atom stereocenters. The predicted molar refractivity (Wildman–Crippen MR) is 117 cm³/mol. The Balaban J connectivity index is 1.78. The van der Waals surface area contributed by atoms with E-state index in [-0.39, 0.29) is 17.2 Å². The molecule has 7 heteroatoms. The molecule has 3 aromatic rings. The molecule has 1 aliphatic rings. The van der Waals surface area contributed by atoms with Crippen molar-refractivity contribution in [3.63, 3.8) is 0 Å². The van der Waals surface area contributed by atoms with Gasteiger partial charge in [-0.05, 0) is 42.0 Å². The number of allylic oxidation sites excluding steroid dienone is 1. The summed E-state index contributed by atoms with van der Waals surface area (Å²) >= 11 is 9.46. The summed E-state index contributed by atoms with van der Waals surface area (Å²) in [5.74, 6) is 0.565. The molecule has 150 valence electrons. The van der Waals surface area contributed by atoms with Crippen molar-refractivity contribution < 1.29 is 14.6 Å². The molecule has 3 N–H and O–H groups in total. The molecule has 5 nitrogen and oxygen atoms in total. The summed E-state index contributed by atoms with van der Waals surface area (Å²) in [7, 11) is 0. The monoisotopic (exact) mass is 482 g/mol. The summed E-state index contributed by atoms with van der Waals surface area (Å²) in [6.07, 6.45) is 0. The molecule has 30 heavy (non-hydrogen) atoms. The minimum atomic E-state index is -0.503. The van der Waals surface area contributed by atoms with Gasteiger partial charge in [0.2, 0.25) is 5.88 Å². The molecule has 0 aliphatic carbocycles. The maximum atomic E-state index is 9.84. The Bertz CT molecular complexity index is 1190. The van der Waals surface area contributed by atoms with E-state index in [4.69, 9.17) is 26.8 Å². The van der Waals surface area contributed by atoms with Gasteiger partial charge in [-0.1, -0.05) is 45.7 Å². The zero-order valence-electron chi connectivity index (χ0n) is 15.6. The number of rotatable bonds is 4. The second kappa shape index (κ2) is 8.31. The fourth-order valence-electron chi connectivity index (χ4n) is 3.38. The Morgan fingerprint density at radius 1 is 1.10 bits per heavy atom. The topological polar surface area (TPSA) is 88.5 Å². The van der Waals surface area contributed by atoms with Crippen LogP contribution in [0.4, 0.5) is 0 Å². The summed E-state index contributed by atoms with van der Waals surface area (Å²) < 4.78 is 12.5. The summed E-state index contributed by atoms with van der Waals surface area (Å²) in [5.41, 5.74) is 8.75. The number of nitrogens with zero attached hydrogens (tertiary/aromatic N) is 1. The van der Waals surface area contributed by atoms with Crippen LogP contribution in [-0.2, 0) is 6.61 Å². The van der Waals surface area contributed by atoms with E-state index < -0.39 is 5.92 Å². The first-order valence-electron chi connectivity index (χ1n) is 9.03. The van der Waals surface area contributed by atoms with E-state index in [1.54, 1.807) is 24.3 Å². The van der Waals surface area contributed by atoms with Crippen LogP contribution in [0.2, 0.25) is 5.02 Å². The number of phenols is 1. The van der Waals surface area contributed by atoms with E-state index in [0.717, 1.165) is 15.6 Å². The number of hydrogen-bond donors (Lipinski definition) is 2. The molecule has 0 fully saturated rings. The van der Waals surface area contributed by atoms with Crippen molar-refractivity contribution in [2.45, 2.75) is 12.5 Å². The molecule has 0 saturated heterocycles. The minimum absolute atomic E-state index is 0.00391. The van der Waals surface area contributed by atoms with Gasteiger partial charge in [-0.25, -0.2) is 0 Å². The van der Waals surface area contributed by atoms with Gasteiger partial charge in [0.25, 0.3) is 0 Å². The van der Waals surface area contributed by atoms with Crippen molar-refractivity contribution in [1.29, 1.82) is 5.26 Å². The van der Waals surface area contributed by atoms with Crippen LogP contribution in [-0.4, -0.2) is 5.11 Å². The quantitative estimate of drug-likeness (QED) is 0.504. The summed E-state index contributed by atoms with van der Waals surface area (Å²) in [4.78, 5) is 0. The number of ether oxygens (including phenoxy) is 2. The van der Waals surface area contributed by atoms with E-state index >= 15 is 0 Å². The molecule has 1 heterocycles. The first-order chi connectivity index (χ1) is 14.5. The lowest BCUT2D eigenvalue weighted by Gasteiger charge is -2.28. The average molecular weight is 484 g/mol. The second-order valence-corrected chi connectivity index (χ2v) is 8.10. The van der Waals surface area contributed by atoms with Gasteiger partial charge in [0.1, 0.15) is 35.5 Å². The zero-order chi connectivity index (χ0) is 21.3. The van der Waals surface area contributed by atoms with Crippen molar-refractivity contribution in [3.05, 3.63) is 98.3 Å². The maximum Gasteiger partial charge on any atom is 0.205 e. The molecule has 0 radical (unpaired) electrons. The number of fused-ring (bicyclic) bond motifs is 1. The SMILES string of the molecule is N#CC1=C(N)Oc2cc(O)ccc2[C@@H]1c1cc(Br)ccc1OCc1ccc(Cl)cc1. The van der Waals surface area contributed by atoms with Gasteiger partial charge < -0.3 is 20.3 Å². The molecular formula is C23H16BrClN2O3. The molecule has 0 spiro atoms. The lowest BCUT2D eigenvalue weighted by atomic mass is 9.83. The lowest BCUT2D eigenvalue weighted by Crippen LogP contribution is -2.21. The van der Waals surface area contributed by atoms with Crippen molar-refractivity contribution in [1.82, 2.24) is 0 Å². The van der Waals surface area contributed by atoms with E-state index in [9.17, 15) is 10.4 Å². The third-order valence-electron chi connectivity index (χ3n) is 4.79. The number of aromatic hydroxyl groups is 1. The van der Waals surface area contributed by atoms with E-state index in [1.165, 1.54) is 6.07 Å². The number of halogens is 2. The predicted octanol–water partition coefficient (Wildman–Crippen LogP) is 5.61. The highest BCUT2D eigenvalue weighted by Gasteiger charge is 2.33. The van der Waals surface area contributed by atoms with Crippen LogP contribution in [0, 0.1) is 11.3 Å². The van der Waals surface area contributed by atoms with Crippen LogP contribution in [0.1, 0.15) is 22.6 Å².